The van der Waals surface area contributed by atoms with E-state index >= 15 is 0 Å². The number of ether oxygens (including phenoxy) is 1. The minimum Gasteiger partial charge on any atom is -0.488 e. The van der Waals surface area contributed by atoms with Gasteiger partial charge in [-0.15, -0.1) is 0 Å². The topological polar surface area (TPSA) is 64.4 Å². The number of non-ortho nitro benzene ring substituents is 1. The fourth-order valence-electron chi connectivity index (χ4n) is 1.81. The van der Waals surface area contributed by atoms with Crippen molar-refractivity contribution in [1.82, 2.24) is 0 Å². The lowest BCUT2D eigenvalue weighted by atomic mass is 10.2. The molecule has 0 spiro atoms. The number of hydrogen-bond donors (Lipinski definition) is 1. The number of nitro groups is 1. The summed E-state index contributed by atoms with van der Waals surface area (Å²) >= 11 is 0. The van der Waals surface area contributed by atoms with Gasteiger partial charge in [0.25, 0.3) is 12.1 Å². The molecular weight excluding hydrogens is 294 g/mol. The van der Waals surface area contributed by atoms with Gasteiger partial charge >= 0.3 is 0 Å². The molecular formula is C15H14F2N2O3. The van der Waals surface area contributed by atoms with E-state index in [9.17, 15) is 18.9 Å². The molecule has 0 saturated heterocycles. The van der Waals surface area contributed by atoms with Crippen LogP contribution in [0.25, 0.3) is 0 Å². The Labute approximate surface area is 125 Å². The Kier molecular flexibility index (Phi) is 5.24. The molecule has 0 aliphatic heterocycles. The zero-order valence-corrected chi connectivity index (χ0v) is 11.5. The zero-order chi connectivity index (χ0) is 15.9. The van der Waals surface area contributed by atoms with Gasteiger partial charge in [-0.05, 0) is 29.8 Å². The summed E-state index contributed by atoms with van der Waals surface area (Å²) in [7, 11) is 0. The predicted octanol–water partition coefficient (Wildman–Crippen LogP) is 3.85. The minimum absolute atomic E-state index is 0.0212. The van der Waals surface area contributed by atoms with Gasteiger partial charge in [0.2, 0.25) is 0 Å². The number of benzene rings is 2. The van der Waals surface area contributed by atoms with Crippen LogP contribution in [0.15, 0.2) is 48.5 Å². The summed E-state index contributed by atoms with van der Waals surface area (Å²) in [6.07, 6.45) is -2.51. The number of nitrogens with zero attached hydrogens (tertiary/aromatic N) is 1. The molecule has 0 aromatic heterocycles. The molecule has 116 valence electrons. The van der Waals surface area contributed by atoms with E-state index in [2.05, 4.69) is 5.32 Å². The van der Waals surface area contributed by atoms with E-state index in [0.29, 0.717) is 12.3 Å². The normalized spacial score (nSPS) is 10.5. The Hall–Kier alpha value is -2.70. The molecule has 7 heteroatoms. The van der Waals surface area contributed by atoms with Crippen LogP contribution in [0.2, 0.25) is 0 Å². The lowest BCUT2D eigenvalue weighted by Crippen LogP contribution is -2.07. The highest BCUT2D eigenvalue weighted by Gasteiger charge is 2.05. The number of hydrogen-bond acceptors (Lipinski definition) is 4. The standard InChI is InChI=1S/C15H14F2N2O3/c16-15(17)10-22-14-3-1-2-11(8-14)9-18-12-4-6-13(7-5-12)19(20)21/h1-8,15,18H,9-10H2. The largest absolute Gasteiger partial charge is 0.488 e. The number of nitrogens with one attached hydrogen (secondary N) is 1. The fraction of sp³-hybridized carbons (Fsp3) is 0.200. The van der Waals surface area contributed by atoms with Crippen molar-refractivity contribution in [2.24, 2.45) is 0 Å². The van der Waals surface area contributed by atoms with Gasteiger partial charge in [0.05, 0.1) is 4.92 Å². The lowest BCUT2D eigenvalue weighted by Gasteiger charge is -2.09. The SMILES string of the molecule is O=[N+]([O-])c1ccc(NCc2cccc(OCC(F)F)c2)cc1. The Morgan fingerprint density at radius 2 is 1.91 bits per heavy atom. The van der Waals surface area contributed by atoms with Gasteiger partial charge in [-0.3, -0.25) is 10.1 Å². The van der Waals surface area contributed by atoms with E-state index in [1.165, 1.54) is 12.1 Å². The molecule has 0 aliphatic rings. The summed E-state index contributed by atoms with van der Waals surface area (Å²) in [5.41, 5.74) is 1.60. The lowest BCUT2D eigenvalue weighted by molar-refractivity contribution is -0.384. The van der Waals surface area contributed by atoms with Crippen LogP contribution in [0.5, 0.6) is 5.75 Å². The third-order valence-electron chi connectivity index (χ3n) is 2.85. The molecule has 2 rings (SSSR count). The van der Waals surface area contributed by atoms with E-state index in [0.717, 1.165) is 11.3 Å². The Balaban J connectivity index is 1.93. The maximum atomic E-state index is 12.1. The van der Waals surface area contributed by atoms with Crippen molar-refractivity contribution in [3.63, 3.8) is 0 Å². The molecule has 2 aromatic carbocycles. The van der Waals surface area contributed by atoms with Crippen LogP contribution in [0.4, 0.5) is 20.2 Å². The van der Waals surface area contributed by atoms with Crippen molar-refractivity contribution in [3.05, 3.63) is 64.2 Å². The Morgan fingerprint density at radius 3 is 2.55 bits per heavy atom. The van der Waals surface area contributed by atoms with Crippen LogP contribution in [-0.4, -0.2) is 18.0 Å². The van der Waals surface area contributed by atoms with E-state index < -0.39 is 18.0 Å². The average molecular weight is 308 g/mol. The molecule has 0 bridgehead atoms. The summed E-state index contributed by atoms with van der Waals surface area (Å²) in [6.45, 7) is -0.192. The summed E-state index contributed by atoms with van der Waals surface area (Å²) < 4.78 is 29.1. The summed E-state index contributed by atoms with van der Waals surface area (Å²) in [5.74, 6) is 0.378. The van der Waals surface area contributed by atoms with Crippen LogP contribution < -0.4 is 10.1 Å². The maximum absolute atomic E-state index is 12.1. The smallest absolute Gasteiger partial charge is 0.272 e. The van der Waals surface area contributed by atoms with Gasteiger partial charge in [0.15, 0.2) is 0 Å². The molecule has 0 atom stereocenters. The maximum Gasteiger partial charge on any atom is 0.272 e. The van der Waals surface area contributed by atoms with Crippen molar-refractivity contribution in [3.8, 4) is 5.75 Å². The monoisotopic (exact) mass is 308 g/mol. The van der Waals surface area contributed by atoms with Crippen molar-refractivity contribution < 1.29 is 18.4 Å². The second-order valence-electron chi connectivity index (χ2n) is 4.51. The van der Waals surface area contributed by atoms with Gasteiger partial charge < -0.3 is 10.1 Å². The first-order chi connectivity index (χ1) is 10.5. The van der Waals surface area contributed by atoms with Gasteiger partial charge in [-0.2, -0.15) is 0 Å². The van der Waals surface area contributed by atoms with E-state index in [1.807, 2.05) is 6.07 Å². The first kappa shape index (κ1) is 15.7. The van der Waals surface area contributed by atoms with Crippen LogP contribution in [0.3, 0.4) is 0 Å². The number of halogens is 2. The Bertz CT molecular complexity index is 633. The van der Waals surface area contributed by atoms with Crippen LogP contribution in [0.1, 0.15) is 5.56 Å². The molecule has 0 amide bonds. The highest BCUT2D eigenvalue weighted by molar-refractivity contribution is 5.49. The molecule has 5 nitrogen and oxygen atoms in total. The molecule has 2 aromatic rings. The number of rotatable bonds is 7. The molecule has 0 fully saturated rings. The highest BCUT2D eigenvalue weighted by atomic mass is 19.3. The van der Waals surface area contributed by atoms with Crippen molar-refractivity contribution >= 4 is 11.4 Å². The quantitative estimate of drug-likeness (QED) is 0.623. The number of nitro benzene ring substituents is 1. The number of anilines is 1. The van der Waals surface area contributed by atoms with Crippen LogP contribution in [-0.2, 0) is 6.54 Å². The van der Waals surface area contributed by atoms with Crippen molar-refractivity contribution in [1.29, 1.82) is 0 Å². The molecule has 0 radical (unpaired) electrons. The van der Waals surface area contributed by atoms with Gasteiger partial charge in [0, 0.05) is 24.4 Å². The van der Waals surface area contributed by atoms with E-state index in [-0.39, 0.29) is 5.69 Å². The second-order valence-corrected chi connectivity index (χ2v) is 4.51. The molecule has 0 unspecified atom stereocenters. The van der Waals surface area contributed by atoms with Gasteiger partial charge in [0.1, 0.15) is 12.4 Å². The first-order valence-electron chi connectivity index (χ1n) is 6.53. The average Bonchev–Trinajstić information content (AvgIpc) is 2.52. The third kappa shape index (κ3) is 4.69. The third-order valence-corrected chi connectivity index (χ3v) is 2.85. The fourth-order valence-corrected chi connectivity index (χ4v) is 1.81. The van der Waals surface area contributed by atoms with E-state index in [1.54, 1.807) is 30.3 Å². The van der Waals surface area contributed by atoms with Crippen molar-refractivity contribution in [2.75, 3.05) is 11.9 Å². The van der Waals surface area contributed by atoms with E-state index in [4.69, 9.17) is 4.74 Å². The van der Waals surface area contributed by atoms with Crippen LogP contribution >= 0.6 is 0 Å². The van der Waals surface area contributed by atoms with Gasteiger partial charge in [-0.25, -0.2) is 8.78 Å². The van der Waals surface area contributed by atoms with Crippen molar-refractivity contribution in [2.45, 2.75) is 13.0 Å². The second kappa shape index (κ2) is 7.35. The van der Waals surface area contributed by atoms with Gasteiger partial charge in [-0.1, -0.05) is 12.1 Å². The summed E-state index contributed by atoms with van der Waals surface area (Å²) in [5, 5.41) is 13.6. The molecule has 0 saturated carbocycles. The molecule has 0 heterocycles. The molecule has 22 heavy (non-hydrogen) atoms. The molecule has 0 aliphatic carbocycles. The predicted molar refractivity (Wildman–Crippen MR) is 78.4 cm³/mol. The highest BCUT2D eigenvalue weighted by Crippen LogP contribution is 2.18. The first-order valence-corrected chi connectivity index (χ1v) is 6.53. The summed E-state index contributed by atoms with van der Waals surface area (Å²) in [6, 6.07) is 12.8. The zero-order valence-electron chi connectivity index (χ0n) is 11.5. The number of alkyl halides is 2. The Morgan fingerprint density at radius 1 is 1.18 bits per heavy atom. The van der Waals surface area contributed by atoms with Crippen LogP contribution in [0, 0.1) is 10.1 Å². The minimum atomic E-state index is -2.51. The summed E-state index contributed by atoms with van der Waals surface area (Å²) in [4.78, 5) is 10.1. The molecule has 1 N–H and O–H groups in total.